The van der Waals surface area contributed by atoms with Crippen LogP contribution >= 0.6 is 0 Å². The summed E-state index contributed by atoms with van der Waals surface area (Å²) < 4.78 is 5.26. The quantitative estimate of drug-likeness (QED) is 0.614. The maximum absolute atomic E-state index is 11.5. The molecule has 0 amide bonds. The average Bonchev–Trinajstić information content (AvgIpc) is 2.62. The molecule has 2 heterocycles. The average molecular weight is 336 g/mol. The van der Waals surface area contributed by atoms with E-state index in [1.54, 1.807) is 4.90 Å². The van der Waals surface area contributed by atoms with E-state index in [0.29, 0.717) is 50.8 Å². The van der Waals surface area contributed by atoms with Crippen LogP contribution in [0.2, 0.25) is 0 Å². The standard InChI is InChI=1S/C15H20N4O5/c20-18(21)14-11-13(17-6-8-24-9-7-17)15(19(22)23)10-12(14)16-4-2-1-3-5-16/h10-11H,1-9H2. The molecule has 2 aliphatic rings. The van der Waals surface area contributed by atoms with Gasteiger partial charge < -0.3 is 14.5 Å². The Labute approximate surface area is 139 Å². The van der Waals surface area contributed by atoms with Gasteiger partial charge in [0.05, 0.1) is 23.1 Å². The zero-order valence-electron chi connectivity index (χ0n) is 13.3. The van der Waals surface area contributed by atoms with E-state index in [9.17, 15) is 20.2 Å². The number of nitro benzene ring substituents is 2. The second-order valence-electron chi connectivity index (χ2n) is 5.99. The van der Waals surface area contributed by atoms with Crippen LogP contribution in [0.15, 0.2) is 12.1 Å². The SMILES string of the molecule is O=[N+]([O-])c1cc(N2CCOCC2)c([N+](=O)[O-])cc1N1CCCCC1. The molecule has 1 aromatic rings. The minimum Gasteiger partial charge on any atom is -0.378 e. The zero-order chi connectivity index (χ0) is 17.1. The molecule has 0 radical (unpaired) electrons. The Morgan fingerprint density at radius 1 is 0.792 bits per heavy atom. The van der Waals surface area contributed by atoms with Crippen LogP contribution in [0.4, 0.5) is 22.7 Å². The number of nitro groups is 2. The fraction of sp³-hybridized carbons (Fsp3) is 0.600. The number of nitrogens with zero attached hydrogens (tertiary/aromatic N) is 4. The Bertz CT molecular complexity index is 583. The van der Waals surface area contributed by atoms with E-state index in [1.807, 2.05) is 4.90 Å². The molecule has 3 rings (SSSR count). The zero-order valence-corrected chi connectivity index (χ0v) is 13.3. The van der Waals surface area contributed by atoms with Gasteiger partial charge in [-0.2, -0.15) is 0 Å². The summed E-state index contributed by atoms with van der Waals surface area (Å²) in [7, 11) is 0. The minimum absolute atomic E-state index is 0.0657. The molecule has 0 aromatic heterocycles. The van der Waals surface area contributed by atoms with Crippen molar-refractivity contribution in [2.75, 3.05) is 49.2 Å². The van der Waals surface area contributed by atoms with Crippen LogP contribution in [0.25, 0.3) is 0 Å². The highest BCUT2D eigenvalue weighted by Gasteiger charge is 2.30. The highest BCUT2D eigenvalue weighted by molar-refractivity contribution is 5.78. The van der Waals surface area contributed by atoms with Crippen molar-refractivity contribution in [2.45, 2.75) is 19.3 Å². The lowest BCUT2D eigenvalue weighted by Crippen LogP contribution is -2.37. The van der Waals surface area contributed by atoms with Gasteiger partial charge in [-0.25, -0.2) is 0 Å². The first-order chi connectivity index (χ1) is 11.6. The third kappa shape index (κ3) is 3.25. The first-order valence-corrected chi connectivity index (χ1v) is 8.12. The number of hydrogen-bond donors (Lipinski definition) is 0. The van der Waals surface area contributed by atoms with Crippen LogP contribution in [-0.4, -0.2) is 49.2 Å². The van der Waals surface area contributed by atoms with Crippen molar-refractivity contribution in [1.82, 2.24) is 0 Å². The van der Waals surface area contributed by atoms with E-state index >= 15 is 0 Å². The van der Waals surface area contributed by atoms with Gasteiger partial charge in [-0.05, 0) is 19.3 Å². The topological polar surface area (TPSA) is 102 Å². The molecular formula is C15H20N4O5. The van der Waals surface area contributed by atoms with Gasteiger partial charge in [0.1, 0.15) is 11.4 Å². The molecular weight excluding hydrogens is 316 g/mol. The van der Waals surface area contributed by atoms with Gasteiger partial charge in [-0.3, -0.25) is 20.2 Å². The number of anilines is 2. The Hall–Kier alpha value is -2.42. The lowest BCUT2D eigenvalue weighted by molar-refractivity contribution is -0.388. The van der Waals surface area contributed by atoms with Crippen LogP contribution in [0.5, 0.6) is 0 Å². The van der Waals surface area contributed by atoms with Crippen LogP contribution in [0.1, 0.15) is 19.3 Å². The molecule has 0 spiro atoms. The van der Waals surface area contributed by atoms with Gasteiger partial charge in [-0.1, -0.05) is 0 Å². The lowest BCUT2D eigenvalue weighted by atomic mass is 10.1. The maximum atomic E-state index is 11.5. The fourth-order valence-corrected chi connectivity index (χ4v) is 3.29. The molecule has 2 aliphatic heterocycles. The number of hydrogen-bond acceptors (Lipinski definition) is 7. The molecule has 9 nitrogen and oxygen atoms in total. The molecule has 0 bridgehead atoms. The maximum Gasteiger partial charge on any atom is 0.295 e. The molecule has 2 saturated heterocycles. The van der Waals surface area contributed by atoms with E-state index in [4.69, 9.17) is 4.74 Å². The fourth-order valence-electron chi connectivity index (χ4n) is 3.29. The van der Waals surface area contributed by atoms with E-state index in [0.717, 1.165) is 19.3 Å². The monoisotopic (exact) mass is 336 g/mol. The van der Waals surface area contributed by atoms with Crippen molar-refractivity contribution in [3.63, 3.8) is 0 Å². The third-order valence-corrected chi connectivity index (χ3v) is 4.51. The van der Waals surface area contributed by atoms with Crippen LogP contribution in [0.3, 0.4) is 0 Å². The largest absolute Gasteiger partial charge is 0.378 e. The van der Waals surface area contributed by atoms with Crippen molar-refractivity contribution >= 4 is 22.7 Å². The van der Waals surface area contributed by atoms with Gasteiger partial charge in [0.2, 0.25) is 0 Å². The normalized spacial score (nSPS) is 18.5. The van der Waals surface area contributed by atoms with E-state index in [1.165, 1.54) is 12.1 Å². The number of piperidine rings is 1. The van der Waals surface area contributed by atoms with E-state index in [-0.39, 0.29) is 11.4 Å². The Morgan fingerprint density at radius 3 is 1.71 bits per heavy atom. The van der Waals surface area contributed by atoms with Crippen molar-refractivity contribution in [3.05, 3.63) is 32.4 Å². The minimum atomic E-state index is -0.456. The first kappa shape index (κ1) is 16.4. The van der Waals surface area contributed by atoms with Gasteiger partial charge >= 0.3 is 0 Å². The van der Waals surface area contributed by atoms with Gasteiger partial charge in [0, 0.05) is 38.3 Å². The number of rotatable bonds is 4. The molecule has 0 unspecified atom stereocenters. The molecule has 24 heavy (non-hydrogen) atoms. The molecule has 0 N–H and O–H groups in total. The molecule has 130 valence electrons. The Morgan fingerprint density at radius 2 is 1.25 bits per heavy atom. The molecule has 0 aliphatic carbocycles. The number of morpholine rings is 1. The summed E-state index contributed by atoms with van der Waals surface area (Å²) in [4.78, 5) is 25.9. The summed E-state index contributed by atoms with van der Waals surface area (Å²) >= 11 is 0. The summed E-state index contributed by atoms with van der Waals surface area (Å²) in [5.41, 5.74) is 0.506. The van der Waals surface area contributed by atoms with Crippen molar-refractivity contribution in [1.29, 1.82) is 0 Å². The summed E-state index contributed by atoms with van der Waals surface area (Å²) in [6, 6.07) is 2.72. The summed E-state index contributed by atoms with van der Waals surface area (Å²) in [5.74, 6) is 0. The molecule has 0 saturated carbocycles. The smallest absolute Gasteiger partial charge is 0.295 e. The predicted molar refractivity (Wildman–Crippen MR) is 88.8 cm³/mol. The van der Waals surface area contributed by atoms with Crippen LogP contribution < -0.4 is 9.80 Å². The molecule has 2 fully saturated rings. The van der Waals surface area contributed by atoms with Gasteiger partial charge in [-0.15, -0.1) is 0 Å². The van der Waals surface area contributed by atoms with Crippen molar-refractivity contribution in [3.8, 4) is 0 Å². The highest BCUT2D eigenvalue weighted by Crippen LogP contribution is 2.40. The van der Waals surface area contributed by atoms with Crippen LogP contribution in [0, 0.1) is 20.2 Å². The van der Waals surface area contributed by atoms with Crippen molar-refractivity contribution < 1.29 is 14.6 Å². The summed E-state index contributed by atoms with van der Waals surface area (Å²) in [5, 5.41) is 23.1. The molecule has 1 aromatic carbocycles. The second kappa shape index (κ2) is 7.00. The van der Waals surface area contributed by atoms with Gasteiger partial charge in [0.15, 0.2) is 0 Å². The van der Waals surface area contributed by atoms with Crippen molar-refractivity contribution in [2.24, 2.45) is 0 Å². The summed E-state index contributed by atoms with van der Waals surface area (Å²) in [6.07, 6.45) is 2.96. The third-order valence-electron chi connectivity index (χ3n) is 4.51. The number of benzene rings is 1. The Balaban J connectivity index is 2.07. The molecule has 9 heteroatoms. The summed E-state index contributed by atoms with van der Waals surface area (Å²) in [6.45, 7) is 3.27. The predicted octanol–water partition coefficient (Wildman–Crippen LogP) is 2.33. The second-order valence-corrected chi connectivity index (χ2v) is 5.99. The Kier molecular flexibility index (Phi) is 4.79. The van der Waals surface area contributed by atoms with E-state index < -0.39 is 9.85 Å². The number of ether oxygens (including phenoxy) is 1. The van der Waals surface area contributed by atoms with Gasteiger partial charge in [0.25, 0.3) is 11.4 Å². The molecule has 0 atom stereocenters. The lowest BCUT2D eigenvalue weighted by Gasteiger charge is -2.31. The van der Waals surface area contributed by atoms with Crippen LogP contribution in [-0.2, 0) is 4.74 Å². The first-order valence-electron chi connectivity index (χ1n) is 8.12. The highest BCUT2D eigenvalue weighted by atomic mass is 16.6. The van der Waals surface area contributed by atoms with E-state index in [2.05, 4.69) is 0 Å².